The van der Waals surface area contributed by atoms with Gasteiger partial charge in [-0.15, -0.1) is 0 Å². The zero-order chi connectivity index (χ0) is 26.9. The summed E-state index contributed by atoms with van der Waals surface area (Å²) in [7, 11) is 0. The number of aryl methyl sites for hydroxylation is 1. The van der Waals surface area contributed by atoms with Crippen LogP contribution in [-0.4, -0.2) is 69.9 Å². The van der Waals surface area contributed by atoms with E-state index < -0.39 is 0 Å². The number of hydrogen-bond acceptors (Lipinski definition) is 5. The van der Waals surface area contributed by atoms with Gasteiger partial charge in [-0.1, -0.05) is 30.3 Å². The number of carbonyl (C=O) groups is 1. The highest BCUT2D eigenvalue weighted by Crippen LogP contribution is 2.31. The third kappa shape index (κ3) is 5.11. The molecule has 1 N–H and O–H groups in total. The van der Waals surface area contributed by atoms with Crippen molar-refractivity contribution in [2.75, 3.05) is 39.4 Å². The molecule has 204 valence electrons. The van der Waals surface area contributed by atoms with Crippen molar-refractivity contribution < 1.29 is 9.53 Å². The van der Waals surface area contributed by atoms with Gasteiger partial charge in [-0.25, -0.2) is 0 Å². The molecule has 1 amide bonds. The fourth-order valence-electron chi connectivity index (χ4n) is 6.26. The van der Waals surface area contributed by atoms with E-state index in [2.05, 4.69) is 34.1 Å². The van der Waals surface area contributed by atoms with E-state index >= 15 is 0 Å². The number of piperidine rings is 1. The van der Waals surface area contributed by atoms with E-state index in [1.807, 2.05) is 41.6 Å². The zero-order valence-electron chi connectivity index (χ0n) is 22.9. The molecule has 0 aliphatic carbocycles. The third-order valence-electron chi connectivity index (χ3n) is 8.44. The van der Waals surface area contributed by atoms with Crippen LogP contribution < -0.4 is 5.56 Å². The van der Waals surface area contributed by atoms with Crippen LogP contribution in [-0.2, 0) is 11.3 Å². The molecule has 8 nitrogen and oxygen atoms in total. The van der Waals surface area contributed by atoms with Gasteiger partial charge in [0.2, 0.25) is 0 Å². The molecule has 2 fully saturated rings. The predicted molar refractivity (Wildman–Crippen MR) is 153 cm³/mol. The van der Waals surface area contributed by atoms with Gasteiger partial charge in [-0.05, 0) is 62.3 Å². The van der Waals surface area contributed by atoms with Gasteiger partial charge in [0.05, 0.1) is 28.7 Å². The summed E-state index contributed by atoms with van der Waals surface area (Å²) in [5, 5.41) is 6.16. The summed E-state index contributed by atoms with van der Waals surface area (Å²) in [6, 6.07) is 14.6. The number of ether oxygens (including phenoxy) is 1. The van der Waals surface area contributed by atoms with Crippen molar-refractivity contribution in [3.63, 3.8) is 0 Å². The quantitative estimate of drug-likeness (QED) is 0.382. The van der Waals surface area contributed by atoms with Crippen LogP contribution in [0, 0.1) is 12.8 Å². The van der Waals surface area contributed by atoms with Gasteiger partial charge < -0.3 is 14.6 Å². The number of rotatable bonds is 7. The number of nitrogens with one attached hydrogen (secondary N) is 1. The van der Waals surface area contributed by atoms with Crippen LogP contribution in [0.4, 0.5) is 0 Å². The van der Waals surface area contributed by atoms with Gasteiger partial charge >= 0.3 is 0 Å². The summed E-state index contributed by atoms with van der Waals surface area (Å²) in [4.78, 5) is 34.1. The molecule has 0 radical (unpaired) electrons. The van der Waals surface area contributed by atoms with Crippen molar-refractivity contribution in [1.29, 1.82) is 0 Å². The average Bonchev–Trinajstić information content (AvgIpc) is 3.60. The Labute approximate surface area is 228 Å². The van der Waals surface area contributed by atoms with E-state index in [4.69, 9.17) is 9.84 Å². The summed E-state index contributed by atoms with van der Waals surface area (Å²) >= 11 is 0. The van der Waals surface area contributed by atoms with Crippen LogP contribution in [0.25, 0.3) is 21.8 Å². The average molecular weight is 528 g/mol. The van der Waals surface area contributed by atoms with Crippen molar-refractivity contribution >= 4 is 27.7 Å². The van der Waals surface area contributed by atoms with Crippen molar-refractivity contribution in [2.24, 2.45) is 5.92 Å². The Morgan fingerprint density at radius 2 is 1.87 bits per heavy atom. The maximum absolute atomic E-state index is 13.7. The topological polar surface area (TPSA) is 83.5 Å². The van der Waals surface area contributed by atoms with Gasteiger partial charge in [-0.2, -0.15) is 5.10 Å². The molecule has 2 aliphatic rings. The molecule has 6 rings (SSSR count). The van der Waals surface area contributed by atoms with E-state index in [9.17, 15) is 9.59 Å². The van der Waals surface area contributed by atoms with E-state index in [0.29, 0.717) is 16.9 Å². The minimum Gasteiger partial charge on any atom is -0.381 e. The zero-order valence-corrected chi connectivity index (χ0v) is 22.9. The lowest BCUT2D eigenvalue weighted by Crippen LogP contribution is -2.39. The largest absolute Gasteiger partial charge is 0.381 e. The Morgan fingerprint density at radius 3 is 2.64 bits per heavy atom. The second-order valence-electron chi connectivity index (χ2n) is 11.1. The normalized spacial score (nSPS) is 18.9. The third-order valence-corrected chi connectivity index (χ3v) is 8.44. The molecule has 2 aliphatic heterocycles. The lowest BCUT2D eigenvalue weighted by molar-refractivity contribution is 0.0551. The van der Waals surface area contributed by atoms with Gasteiger partial charge in [0.15, 0.2) is 0 Å². The lowest BCUT2D eigenvalue weighted by Gasteiger charge is -2.32. The number of pyridine rings is 1. The summed E-state index contributed by atoms with van der Waals surface area (Å²) in [5.41, 5.74) is 4.30. The first-order valence-corrected chi connectivity index (χ1v) is 14.2. The molecule has 2 saturated heterocycles. The van der Waals surface area contributed by atoms with Crippen LogP contribution in [0.1, 0.15) is 53.7 Å². The summed E-state index contributed by atoms with van der Waals surface area (Å²) in [6.45, 7) is 9.70. The highest BCUT2D eigenvalue weighted by molar-refractivity contribution is 6.07. The number of aromatic nitrogens is 3. The number of likely N-dealkylation sites (tertiary alicyclic amines) is 2. The summed E-state index contributed by atoms with van der Waals surface area (Å²) in [5.74, 6) is 0.572. The molecule has 1 atom stereocenters. The smallest absolute Gasteiger partial charge is 0.259 e. The van der Waals surface area contributed by atoms with E-state index in [-0.39, 0.29) is 17.5 Å². The Morgan fingerprint density at radius 1 is 1.08 bits per heavy atom. The minimum atomic E-state index is -0.141. The maximum atomic E-state index is 13.7. The molecule has 0 spiro atoms. The Kier molecular flexibility index (Phi) is 7.23. The number of nitrogens with zero attached hydrogens (tertiary/aromatic N) is 4. The number of carbonyl (C=O) groups excluding carboxylic acids is 1. The van der Waals surface area contributed by atoms with Crippen LogP contribution in [0.5, 0.6) is 0 Å². The van der Waals surface area contributed by atoms with Gasteiger partial charge in [0, 0.05) is 56.9 Å². The second-order valence-corrected chi connectivity index (χ2v) is 11.1. The standard InChI is InChI=1S/C31H37N5O3/c1-3-39-20-23-9-13-35(14-10-23)31(38)25-16-26-28(15-21(25)2)33-30(37)27-17-32-36(29(26)27)24-11-12-34(19-24)18-22-7-5-4-6-8-22/h4-8,15-17,23-24H,3,9-14,18-20H2,1-2H3,(H,33,37). The molecule has 0 saturated carbocycles. The fraction of sp³-hybridized carbons (Fsp3) is 0.452. The molecule has 39 heavy (non-hydrogen) atoms. The van der Waals surface area contributed by atoms with Crippen molar-refractivity contribution in [1.82, 2.24) is 24.6 Å². The number of amides is 1. The minimum absolute atomic E-state index is 0.0598. The van der Waals surface area contributed by atoms with Crippen molar-refractivity contribution in [3.05, 3.63) is 75.7 Å². The lowest BCUT2D eigenvalue weighted by atomic mass is 9.96. The number of aromatic amines is 1. The van der Waals surface area contributed by atoms with Crippen molar-refractivity contribution in [2.45, 2.75) is 45.7 Å². The van der Waals surface area contributed by atoms with Gasteiger partial charge in [0.1, 0.15) is 0 Å². The predicted octanol–water partition coefficient (Wildman–Crippen LogP) is 4.52. The van der Waals surface area contributed by atoms with Crippen LogP contribution in [0.3, 0.4) is 0 Å². The van der Waals surface area contributed by atoms with Gasteiger partial charge in [-0.3, -0.25) is 19.2 Å². The SMILES string of the molecule is CCOCC1CCN(C(=O)c2cc3c(cc2C)[nH]c(=O)c2cnn(C4CCN(Cc5ccccc5)C4)c23)CC1. The second kappa shape index (κ2) is 10.9. The van der Waals surface area contributed by atoms with Crippen LogP contribution in [0.2, 0.25) is 0 Å². The van der Waals surface area contributed by atoms with Gasteiger partial charge in [0.25, 0.3) is 11.5 Å². The maximum Gasteiger partial charge on any atom is 0.259 e. The molecule has 8 heteroatoms. The molecular weight excluding hydrogens is 490 g/mol. The fourth-order valence-corrected chi connectivity index (χ4v) is 6.26. The molecule has 2 aromatic carbocycles. The number of hydrogen-bond donors (Lipinski definition) is 1. The first-order chi connectivity index (χ1) is 19.0. The summed E-state index contributed by atoms with van der Waals surface area (Å²) in [6.07, 6.45) is 4.57. The van der Waals surface area contributed by atoms with E-state index in [1.165, 1.54) is 5.56 Å². The molecule has 1 unspecified atom stereocenters. The number of H-pyrrole nitrogens is 1. The molecule has 0 bridgehead atoms. The van der Waals surface area contributed by atoms with Crippen LogP contribution in [0.15, 0.2) is 53.5 Å². The Bertz CT molecular complexity index is 1530. The molecule has 2 aromatic heterocycles. The first kappa shape index (κ1) is 25.8. The highest BCUT2D eigenvalue weighted by Gasteiger charge is 2.28. The molecule has 4 heterocycles. The Hall–Kier alpha value is -3.49. The highest BCUT2D eigenvalue weighted by atomic mass is 16.5. The van der Waals surface area contributed by atoms with E-state index in [1.54, 1.807) is 6.20 Å². The van der Waals surface area contributed by atoms with Crippen molar-refractivity contribution in [3.8, 4) is 0 Å². The van der Waals surface area contributed by atoms with Crippen LogP contribution >= 0.6 is 0 Å². The summed E-state index contributed by atoms with van der Waals surface area (Å²) < 4.78 is 7.64. The molecule has 4 aromatic rings. The number of fused-ring (bicyclic) bond motifs is 3. The Balaban J connectivity index is 1.30. The monoisotopic (exact) mass is 527 g/mol. The number of benzene rings is 2. The van der Waals surface area contributed by atoms with E-state index in [0.717, 1.165) is 87.2 Å². The first-order valence-electron chi connectivity index (χ1n) is 14.2. The molecular formula is C31H37N5O3.